The molecule has 0 saturated carbocycles. The summed E-state index contributed by atoms with van der Waals surface area (Å²) in [7, 11) is 2.22. The van der Waals surface area contributed by atoms with E-state index in [9.17, 15) is 0 Å². The summed E-state index contributed by atoms with van der Waals surface area (Å²) < 4.78 is 2.37. The molecule has 2 fully saturated rings. The Bertz CT molecular complexity index is 857. The van der Waals surface area contributed by atoms with Gasteiger partial charge in [-0.15, -0.1) is 0 Å². The van der Waals surface area contributed by atoms with Gasteiger partial charge in [-0.1, -0.05) is 6.07 Å². The van der Waals surface area contributed by atoms with E-state index in [1.54, 1.807) is 0 Å². The number of hydrogen-bond donors (Lipinski definition) is 0. The van der Waals surface area contributed by atoms with Crippen LogP contribution < -0.4 is 0 Å². The molecule has 0 aromatic carbocycles. The third kappa shape index (κ3) is 5.56. The predicted molar refractivity (Wildman–Crippen MR) is 127 cm³/mol. The first kappa shape index (κ1) is 22.5. The van der Waals surface area contributed by atoms with Crippen LogP contribution in [0.5, 0.6) is 0 Å². The van der Waals surface area contributed by atoms with Gasteiger partial charge in [0.25, 0.3) is 0 Å². The van der Waals surface area contributed by atoms with Gasteiger partial charge in [-0.2, -0.15) is 0 Å². The van der Waals surface area contributed by atoms with Gasteiger partial charge >= 0.3 is 0 Å². The van der Waals surface area contributed by atoms with E-state index in [0.29, 0.717) is 12.1 Å². The average molecular weight is 424 g/mol. The van der Waals surface area contributed by atoms with Gasteiger partial charge in [-0.3, -0.25) is 9.88 Å². The Morgan fingerprint density at radius 3 is 2.42 bits per heavy atom. The smallest absolute Gasteiger partial charge is 0.108 e. The molecule has 4 heterocycles. The van der Waals surface area contributed by atoms with Gasteiger partial charge in [0.1, 0.15) is 5.82 Å². The highest BCUT2D eigenvalue weighted by Gasteiger charge is 2.28. The second-order valence-corrected chi connectivity index (χ2v) is 10.3. The SMILES string of the molecule is Cc1cccc(CC2CCN(C(C)Cc3cnc(CC4CCN(C(C)C)C4)n3C)C2)n1. The van der Waals surface area contributed by atoms with E-state index < -0.39 is 0 Å². The maximum absolute atomic E-state index is 4.83. The van der Waals surface area contributed by atoms with Crippen LogP contribution in [0.15, 0.2) is 24.4 Å². The lowest BCUT2D eigenvalue weighted by atomic mass is 10.0. The zero-order chi connectivity index (χ0) is 22.0. The van der Waals surface area contributed by atoms with Crippen molar-refractivity contribution in [3.63, 3.8) is 0 Å². The van der Waals surface area contributed by atoms with Crippen molar-refractivity contribution in [1.82, 2.24) is 24.3 Å². The second-order valence-electron chi connectivity index (χ2n) is 10.3. The third-order valence-corrected chi connectivity index (χ3v) is 7.59. The fourth-order valence-electron chi connectivity index (χ4n) is 5.49. The van der Waals surface area contributed by atoms with Crippen LogP contribution in [0.1, 0.15) is 56.5 Å². The molecule has 0 bridgehead atoms. The first-order valence-corrected chi connectivity index (χ1v) is 12.3. The molecule has 0 amide bonds. The quantitative estimate of drug-likeness (QED) is 0.645. The molecular formula is C26H41N5. The zero-order valence-electron chi connectivity index (χ0n) is 20.2. The van der Waals surface area contributed by atoms with Gasteiger partial charge in [-0.05, 0) is 84.0 Å². The van der Waals surface area contributed by atoms with Gasteiger partial charge in [-0.25, -0.2) is 4.98 Å². The summed E-state index contributed by atoms with van der Waals surface area (Å²) >= 11 is 0. The Balaban J connectivity index is 1.28. The summed E-state index contributed by atoms with van der Waals surface area (Å²) in [5, 5.41) is 0. The van der Waals surface area contributed by atoms with Gasteiger partial charge in [0.05, 0.1) is 0 Å². The summed E-state index contributed by atoms with van der Waals surface area (Å²) in [4.78, 5) is 14.8. The molecule has 4 rings (SSSR count). The van der Waals surface area contributed by atoms with E-state index in [4.69, 9.17) is 9.97 Å². The molecule has 2 aromatic rings. The molecule has 3 unspecified atom stereocenters. The largest absolute Gasteiger partial charge is 0.335 e. The van der Waals surface area contributed by atoms with E-state index in [2.05, 4.69) is 73.5 Å². The van der Waals surface area contributed by atoms with Gasteiger partial charge in [0.15, 0.2) is 0 Å². The number of hydrogen-bond acceptors (Lipinski definition) is 4. The van der Waals surface area contributed by atoms with Gasteiger partial charge in [0.2, 0.25) is 0 Å². The predicted octanol–water partition coefficient (Wildman–Crippen LogP) is 3.89. The number of aryl methyl sites for hydroxylation is 1. The van der Waals surface area contributed by atoms with E-state index in [1.165, 1.54) is 56.2 Å². The lowest BCUT2D eigenvalue weighted by Gasteiger charge is -2.24. The van der Waals surface area contributed by atoms with Crippen LogP contribution in [0.4, 0.5) is 0 Å². The molecule has 0 N–H and O–H groups in total. The molecule has 170 valence electrons. The van der Waals surface area contributed by atoms with Crippen molar-refractivity contribution >= 4 is 0 Å². The number of nitrogens with zero attached hydrogens (tertiary/aromatic N) is 5. The summed E-state index contributed by atoms with van der Waals surface area (Å²) in [6.45, 7) is 13.9. The molecule has 0 aliphatic carbocycles. The molecule has 0 radical (unpaired) electrons. The molecule has 5 nitrogen and oxygen atoms in total. The lowest BCUT2D eigenvalue weighted by Crippen LogP contribution is -2.33. The molecular weight excluding hydrogens is 382 g/mol. The van der Waals surface area contributed by atoms with Crippen LogP contribution in [0.2, 0.25) is 0 Å². The summed E-state index contributed by atoms with van der Waals surface area (Å²) in [6, 6.07) is 7.62. The van der Waals surface area contributed by atoms with Crippen molar-refractivity contribution in [3.8, 4) is 0 Å². The van der Waals surface area contributed by atoms with E-state index >= 15 is 0 Å². The summed E-state index contributed by atoms with van der Waals surface area (Å²) in [5.41, 5.74) is 3.76. The first-order valence-electron chi connectivity index (χ1n) is 12.3. The van der Waals surface area contributed by atoms with E-state index in [1.807, 2.05) is 0 Å². The Hall–Kier alpha value is -1.72. The Labute approximate surface area is 188 Å². The lowest BCUT2D eigenvalue weighted by molar-refractivity contribution is 0.245. The number of imidazole rings is 1. The first-order chi connectivity index (χ1) is 14.9. The van der Waals surface area contributed by atoms with Crippen LogP contribution >= 0.6 is 0 Å². The van der Waals surface area contributed by atoms with Gasteiger partial charge < -0.3 is 9.47 Å². The highest BCUT2D eigenvalue weighted by Crippen LogP contribution is 2.25. The Kier molecular flexibility index (Phi) is 7.12. The van der Waals surface area contributed by atoms with Crippen LogP contribution in [0.3, 0.4) is 0 Å². The number of pyridine rings is 1. The number of rotatable bonds is 8. The van der Waals surface area contributed by atoms with Crippen LogP contribution in [-0.2, 0) is 26.3 Å². The Morgan fingerprint density at radius 1 is 1.00 bits per heavy atom. The molecule has 2 aliphatic rings. The second kappa shape index (κ2) is 9.83. The number of aromatic nitrogens is 3. The fraction of sp³-hybridized carbons (Fsp3) is 0.692. The van der Waals surface area contributed by atoms with Crippen molar-refractivity contribution in [2.45, 2.75) is 71.9 Å². The topological polar surface area (TPSA) is 37.2 Å². The van der Waals surface area contributed by atoms with Crippen molar-refractivity contribution in [3.05, 3.63) is 47.3 Å². The van der Waals surface area contributed by atoms with E-state index in [-0.39, 0.29) is 0 Å². The summed E-state index contributed by atoms with van der Waals surface area (Å²) in [6.07, 6.45) is 8.03. The van der Waals surface area contributed by atoms with Crippen LogP contribution in [0.25, 0.3) is 0 Å². The zero-order valence-corrected chi connectivity index (χ0v) is 20.2. The van der Waals surface area contributed by atoms with Crippen LogP contribution in [-0.4, -0.2) is 62.6 Å². The molecule has 2 saturated heterocycles. The maximum Gasteiger partial charge on any atom is 0.108 e. The fourth-order valence-corrected chi connectivity index (χ4v) is 5.49. The molecule has 0 spiro atoms. The minimum Gasteiger partial charge on any atom is -0.335 e. The van der Waals surface area contributed by atoms with Crippen molar-refractivity contribution in [1.29, 1.82) is 0 Å². The minimum absolute atomic E-state index is 0.557. The highest BCUT2D eigenvalue weighted by molar-refractivity contribution is 5.11. The van der Waals surface area contributed by atoms with Gasteiger partial charge in [0, 0.05) is 68.3 Å². The van der Waals surface area contributed by atoms with Crippen molar-refractivity contribution < 1.29 is 0 Å². The standard InChI is InChI=1S/C26H41N5/c1-19(2)30-11-9-23(17-30)15-26-27-16-25(29(26)5)13-21(4)31-12-10-22(18-31)14-24-8-6-7-20(3)28-24/h6-8,16,19,21-23H,9-15,17-18H2,1-5H3. The molecule has 31 heavy (non-hydrogen) atoms. The molecule has 2 aliphatic heterocycles. The van der Waals surface area contributed by atoms with Crippen LogP contribution in [0, 0.1) is 18.8 Å². The monoisotopic (exact) mass is 423 g/mol. The molecule has 3 atom stereocenters. The third-order valence-electron chi connectivity index (χ3n) is 7.59. The van der Waals surface area contributed by atoms with Crippen molar-refractivity contribution in [2.75, 3.05) is 26.2 Å². The Morgan fingerprint density at radius 2 is 1.71 bits per heavy atom. The van der Waals surface area contributed by atoms with E-state index in [0.717, 1.165) is 36.8 Å². The number of likely N-dealkylation sites (tertiary alicyclic amines) is 2. The average Bonchev–Trinajstić information content (AvgIpc) is 3.45. The maximum atomic E-state index is 4.83. The normalized spacial score (nSPS) is 23.8. The minimum atomic E-state index is 0.557. The van der Waals surface area contributed by atoms with Crippen molar-refractivity contribution in [2.24, 2.45) is 18.9 Å². The summed E-state index contributed by atoms with van der Waals surface area (Å²) in [5.74, 6) is 2.75. The molecule has 2 aromatic heterocycles. The molecule has 5 heteroatoms. The highest BCUT2D eigenvalue weighted by atomic mass is 15.2.